The van der Waals surface area contributed by atoms with Crippen molar-refractivity contribution >= 4 is 16.9 Å². The number of fused-ring (bicyclic) bond motifs is 1. The maximum Gasteiger partial charge on any atom is 0.339 e. The third kappa shape index (κ3) is 4.07. The molecule has 6 heteroatoms. The van der Waals surface area contributed by atoms with Crippen LogP contribution >= 0.6 is 0 Å². The van der Waals surface area contributed by atoms with E-state index in [9.17, 15) is 14.7 Å². The minimum atomic E-state index is -0.784. The first-order chi connectivity index (χ1) is 13.4. The highest BCUT2D eigenvalue weighted by molar-refractivity contribution is 5.85. The van der Waals surface area contributed by atoms with Gasteiger partial charge >= 0.3 is 5.63 Å². The van der Waals surface area contributed by atoms with Crippen molar-refractivity contribution in [3.63, 3.8) is 0 Å². The third-order valence-corrected chi connectivity index (χ3v) is 4.86. The molecule has 0 radical (unpaired) electrons. The Morgan fingerprint density at radius 2 is 1.79 bits per heavy atom. The highest BCUT2D eigenvalue weighted by Gasteiger charge is 2.14. The van der Waals surface area contributed by atoms with Crippen LogP contribution in [0.2, 0.25) is 0 Å². The minimum Gasteiger partial charge on any atom is -0.483 e. The van der Waals surface area contributed by atoms with Crippen LogP contribution in [0, 0.1) is 20.8 Å². The quantitative estimate of drug-likeness (QED) is 0.641. The summed E-state index contributed by atoms with van der Waals surface area (Å²) in [6.07, 6.45) is -0.784. The summed E-state index contributed by atoms with van der Waals surface area (Å²) in [5.41, 5.74) is 2.93. The number of amides is 1. The van der Waals surface area contributed by atoms with Crippen molar-refractivity contribution < 1.29 is 19.1 Å². The van der Waals surface area contributed by atoms with E-state index in [1.54, 1.807) is 32.0 Å². The number of aliphatic hydroxyl groups excluding tert-OH is 1. The number of nitrogens with one attached hydrogen (secondary N) is 1. The van der Waals surface area contributed by atoms with Crippen LogP contribution in [0.5, 0.6) is 5.75 Å². The van der Waals surface area contributed by atoms with Gasteiger partial charge in [0, 0.05) is 23.1 Å². The number of hydrogen-bond donors (Lipinski definition) is 2. The van der Waals surface area contributed by atoms with Crippen LogP contribution in [-0.2, 0) is 4.79 Å². The molecule has 3 aromatic rings. The monoisotopic (exact) mass is 381 g/mol. The molecule has 1 heterocycles. The van der Waals surface area contributed by atoms with Gasteiger partial charge in [0.2, 0.25) is 0 Å². The predicted molar refractivity (Wildman–Crippen MR) is 107 cm³/mol. The van der Waals surface area contributed by atoms with Crippen LogP contribution in [0.3, 0.4) is 0 Å². The molecule has 3 rings (SSSR count). The molecular formula is C22H23NO5. The molecule has 0 aliphatic rings. The smallest absolute Gasteiger partial charge is 0.339 e. The first kappa shape index (κ1) is 19.6. The summed E-state index contributed by atoms with van der Waals surface area (Å²) in [5, 5.41) is 13.6. The van der Waals surface area contributed by atoms with Crippen LogP contribution < -0.4 is 15.7 Å². The molecule has 28 heavy (non-hydrogen) atoms. The Kier molecular flexibility index (Phi) is 5.80. The lowest BCUT2D eigenvalue weighted by atomic mass is 10.0. The summed E-state index contributed by atoms with van der Waals surface area (Å²) in [6.45, 7) is 5.28. The van der Waals surface area contributed by atoms with Gasteiger partial charge in [-0.05, 0) is 44.0 Å². The topological polar surface area (TPSA) is 88.8 Å². The summed E-state index contributed by atoms with van der Waals surface area (Å²) in [6, 6.07) is 12.7. The number of ether oxygens (including phenoxy) is 1. The van der Waals surface area contributed by atoms with Gasteiger partial charge in [-0.2, -0.15) is 0 Å². The van der Waals surface area contributed by atoms with Crippen LogP contribution in [-0.4, -0.2) is 24.2 Å². The molecule has 146 valence electrons. The molecule has 6 nitrogen and oxygen atoms in total. The van der Waals surface area contributed by atoms with Gasteiger partial charge < -0.3 is 19.6 Å². The van der Waals surface area contributed by atoms with E-state index in [0.29, 0.717) is 22.5 Å². The summed E-state index contributed by atoms with van der Waals surface area (Å²) < 4.78 is 11.0. The van der Waals surface area contributed by atoms with E-state index in [1.807, 2.05) is 31.2 Å². The van der Waals surface area contributed by atoms with E-state index in [0.717, 1.165) is 16.5 Å². The van der Waals surface area contributed by atoms with Crippen LogP contribution in [0.15, 0.2) is 51.7 Å². The van der Waals surface area contributed by atoms with Crippen molar-refractivity contribution in [2.45, 2.75) is 26.9 Å². The largest absolute Gasteiger partial charge is 0.483 e. The van der Waals surface area contributed by atoms with E-state index in [2.05, 4.69) is 5.32 Å². The fraction of sp³-hybridized carbons (Fsp3) is 0.273. The molecule has 0 fully saturated rings. The Morgan fingerprint density at radius 3 is 2.50 bits per heavy atom. The van der Waals surface area contributed by atoms with Crippen molar-refractivity contribution in [2.75, 3.05) is 13.2 Å². The van der Waals surface area contributed by atoms with E-state index < -0.39 is 6.10 Å². The average Bonchev–Trinajstić information content (AvgIpc) is 2.71. The molecule has 2 N–H and O–H groups in total. The van der Waals surface area contributed by atoms with Gasteiger partial charge in [0.1, 0.15) is 11.3 Å². The zero-order valence-corrected chi connectivity index (χ0v) is 16.1. The highest BCUT2D eigenvalue weighted by atomic mass is 16.5. The van der Waals surface area contributed by atoms with Crippen LogP contribution in [0.1, 0.15) is 28.4 Å². The maximum absolute atomic E-state index is 12.1. The number of aryl methyl sites for hydroxylation is 2. The summed E-state index contributed by atoms with van der Waals surface area (Å²) in [4.78, 5) is 24.0. The maximum atomic E-state index is 12.1. The Labute approximate surface area is 162 Å². The molecule has 0 aliphatic carbocycles. The molecule has 0 aliphatic heterocycles. The first-order valence-corrected chi connectivity index (χ1v) is 9.04. The van der Waals surface area contributed by atoms with Crippen molar-refractivity contribution in [1.29, 1.82) is 0 Å². The van der Waals surface area contributed by atoms with Crippen LogP contribution in [0.4, 0.5) is 0 Å². The zero-order valence-electron chi connectivity index (χ0n) is 16.1. The van der Waals surface area contributed by atoms with Crippen molar-refractivity contribution in [3.8, 4) is 5.75 Å². The molecule has 2 aromatic carbocycles. The first-order valence-electron chi connectivity index (χ1n) is 9.04. The van der Waals surface area contributed by atoms with Crippen molar-refractivity contribution in [2.24, 2.45) is 0 Å². The minimum absolute atomic E-state index is 0.0935. The SMILES string of the molecule is Cc1c(C)c2ccc(OCC(=O)NC[C@@H](O)c3ccccc3)c(C)c2oc1=O. The summed E-state index contributed by atoms with van der Waals surface area (Å²) >= 11 is 0. The van der Waals surface area contributed by atoms with Gasteiger partial charge in [-0.25, -0.2) is 4.79 Å². The summed E-state index contributed by atoms with van der Waals surface area (Å²) in [5.74, 6) is 0.119. The second kappa shape index (κ2) is 8.27. The normalized spacial score (nSPS) is 12.0. The number of benzene rings is 2. The molecule has 0 saturated heterocycles. The lowest BCUT2D eigenvalue weighted by molar-refractivity contribution is -0.123. The van der Waals surface area contributed by atoms with Gasteiger partial charge in [0.05, 0.1) is 6.10 Å². The fourth-order valence-electron chi connectivity index (χ4n) is 2.98. The van der Waals surface area contributed by atoms with Gasteiger partial charge in [-0.15, -0.1) is 0 Å². The molecule has 1 aromatic heterocycles. The molecule has 1 amide bonds. The van der Waals surface area contributed by atoms with E-state index in [4.69, 9.17) is 9.15 Å². The number of carbonyl (C=O) groups excluding carboxylic acids is 1. The molecule has 0 bridgehead atoms. The van der Waals surface area contributed by atoms with Crippen molar-refractivity contribution in [1.82, 2.24) is 5.32 Å². The second-order valence-corrected chi connectivity index (χ2v) is 6.72. The van der Waals surface area contributed by atoms with Gasteiger partial charge in [-0.3, -0.25) is 4.79 Å². The molecule has 0 unspecified atom stereocenters. The predicted octanol–water partition coefficient (Wildman–Crippen LogP) is 2.95. The Hall–Kier alpha value is -3.12. The van der Waals surface area contributed by atoms with E-state index >= 15 is 0 Å². The Bertz CT molecular complexity index is 1060. The van der Waals surface area contributed by atoms with Gasteiger partial charge in [0.15, 0.2) is 6.61 Å². The fourth-order valence-corrected chi connectivity index (χ4v) is 2.98. The highest BCUT2D eigenvalue weighted by Crippen LogP contribution is 2.29. The van der Waals surface area contributed by atoms with E-state index in [1.165, 1.54) is 0 Å². The molecule has 1 atom stereocenters. The standard InChI is InChI=1S/C22H23NO5/c1-13-14(2)22(26)28-21-15(3)19(10-9-17(13)21)27-12-20(25)23-11-18(24)16-7-5-4-6-8-16/h4-10,18,24H,11-12H2,1-3H3,(H,23,25)/t18-/m1/s1. The average molecular weight is 381 g/mol. The lowest BCUT2D eigenvalue weighted by Crippen LogP contribution is -2.32. The van der Waals surface area contributed by atoms with Crippen molar-refractivity contribution in [3.05, 3.63) is 75.1 Å². The Balaban J connectivity index is 1.65. The summed E-state index contributed by atoms with van der Waals surface area (Å²) in [7, 11) is 0. The van der Waals surface area contributed by atoms with Gasteiger partial charge in [0.25, 0.3) is 5.91 Å². The Morgan fingerprint density at radius 1 is 1.07 bits per heavy atom. The number of rotatable bonds is 6. The number of carbonyl (C=O) groups is 1. The molecule has 0 spiro atoms. The number of hydrogen-bond acceptors (Lipinski definition) is 5. The third-order valence-electron chi connectivity index (χ3n) is 4.86. The number of aliphatic hydroxyl groups is 1. The molecular weight excluding hydrogens is 358 g/mol. The van der Waals surface area contributed by atoms with Crippen LogP contribution in [0.25, 0.3) is 11.0 Å². The second-order valence-electron chi connectivity index (χ2n) is 6.72. The lowest BCUT2D eigenvalue weighted by Gasteiger charge is -2.14. The van der Waals surface area contributed by atoms with E-state index in [-0.39, 0.29) is 24.7 Å². The van der Waals surface area contributed by atoms with Gasteiger partial charge in [-0.1, -0.05) is 30.3 Å². The molecule has 0 saturated carbocycles. The zero-order chi connectivity index (χ0) is 20.3.